The van der Waals surface area contributed by atoms with E-state index in [9.17, 15) is 4.79 Å². The van der Waals surface area contributed by atoms with Crippen LogP contribution in [0.3, 0.4) is 0 Å². The number of ether oxygens (including phenoxy) is 3. The fourth-order valence-electron chi connectivity index (χ4n) is 4.05. The van der Waals surface area contributed by atoms with Crippen LogP contribution in [0.4, 0.5) is 0 Å². The van der Waals surface area contributed by atoms with Gasteiger partial charge in [0, 0.05) is 11.4 Å². The monoisotopic (exact) mass is 437 g/mol. The van der Waals surface area contributed by atoms with Crippen molar-refractivity contribution < 1.29 is 19.0 Å². The Kier molecular flexibility index (Phi) is 6.47. The molecule has 1 unspecified atom stereocenters. The first-order chi connectivity index (χ1) is 15.1. The molecule has 0 saturated heterocycles. The third kappa shape index (κ3) is 4.39. The van der Waals surface area contributed by atoms with Crippen molar-refractivity contribution >= 4 is 17.2 Å². The molecule has 3 aromatic rings. The van der Waals surface area contributed by atoms with E-state index in [0.29, 0.717) is 18.0 Å². The van der Waals surface area contributed by atoms with Crippen LogP contribution < -0.4 is 14.2 Å². The number of hydrogen-bond donors (Lipinski definition) is 0. The van der Waals surface area contributed by atoms with Crippen molar-refractivity contribution in [2.24, 2.45) is 0 Å². The molecule has 162 valence electrons. The van der Waals surface area contributed by atoms with Crippen LogP contribution in [0.1, 0.15) is 34.5 Å². The van der Waals surface area contributed by atoms with Crippen LogP contribution in [0.15, 0.2) is 53.9 Å². The van der Waals surface area contributed by atoms with Crippen LogP contribution in [0, 0.1) is 0 Å². The van der Waals surface area contributed by atoms with E-state index in [-0.39, 0.29) is 18.6 Å². The van der Waals surface area contributed by atoms with E-state index in [2.05, 4.69) is 19.1 Å². The third-order valence-corrected chi connectivity index (χ3v) is 6.60. The molecule has 1 atom stereocenters. The third-order valence-electron chi connectivity index (χ3n) is 5.68. The predicted octanol–water partition coefficient (Wildman–Crippen LogP) is 4.88. The number of hydrogen-bond acceptors (Lipinski definition) is 5. The van der Waals surface area contributed by atoms with Crippen LogP contribution in [-0.2, 0) is 17.6 Å². The molecule has 31 heavy (non-hydrogen) atoms. The SMILES string of the molecule is CCc1cccc(OCC(=O)N2CCc3cc(OC)c(OC)cc3C2c2cccs2)c1. The molecular weight excluding hydrogens is 410 g/mol. The molecule has 0 spiro atoms. The number of carbonyl (C=O) groups is 1. The van der Waals surface area contributed by atoms with Crippen LogP contribution in [0.5, 0.6) is 17.2 Å². The number of rotatable bonds is 7. The second-order valence-electron chi connectivity index (χ2n) is 7.45. The highest BCUT2D eigenvalue weighted by molar-refractivity contribution is 7.10. The van der Waals surface area contributed by atoms with Crippen molar-refractivity contribution in [3.63, 3.8) is 0 Å². The van der Waals surface area contributed by atoms with Gasteiger partial charge < -0.3 is 19.1 Å². The number of fused-ring (bicyclic) bond motifs is 1. The molecule has 0 aliphatic carbocycles. The van der Waals surface area contributed by atoms with Gasteiger partial charge in [0.25, 0.3) is 5.91 Å². The molecule has 2 heterocycles. The van der Waals surface area contributed by atoms with Crippen LogP contribution in [0.2, 0.25) is 0 Å². The Morgan fingerprint density at radius 3 is 2.61 bits per heavy atom. The summed E-state index contributed by atoms with van der Waals surface area (Å²) in [7, 11) is 3.28. The summed E-state index contributed by atoms with van der Waals surface area (Å²) >= 11 is 1.65. The summed E-state index contributed by atoms with van der Waals surface area (Å²) in [5.74, 6) is 2.08. The van der Waals surface area contributed by atoms with Crippen LogP contribution in [0.25, 0.3) is 0 Å². The van der Waals surface area contributed by atoms with Gasteiger partial charge in [0.2, 0.25) is 0 Å². The van der Waals surface area contributed by atoms with Gasteiger partial charge >= 0.3 is 0 Å². The van der Waals surface area contributed by atoms with Crippen molar-refractivity contribution in [1.29, 1.82) is 0 Å². The van der Waals surface area contributed by atoms with E-state index >= 15 is 0 Å². The topological polar surface area (TPSA) is 48.0 Å². The van der Waals surface area contributed by atoms with Crippen LogP contribution in [-0.4, -0.2) is 38.2 Å². The van der Waals surface area contributed by atoms with Gasteiger partial charge in [0.15, 0.2) is 18.1 Å². The minimum atomic E-state index is -0.165. The smallest absolute Gasteiger partial charge is 0.261 e. The number of nitrogens with zero attached hydrogens (tertiary/aromatic N) is 1. The molecule has 1 aliphatic rings. The van der Waals surface area contributed by atoms with Crippen molar-refractivity contribution in [2.75, 3.05) is 27.4 Å². The van der Waals surface area contributed by atoms with Gasteiger partial charge in [-0.05, 0) is 65.2 Å². The molecule has 5 nitrogen and oxygen atoms in total. The Morgan fingerprint density at radius 1 is 1.10 bits per heavy atom. The molecule has 0 radical (unpaired) electrons. The van der Waals surface area contributed by atoms with E-state index in [1.807, 2.05) is 46.7 Å². The largest absolute Gasteiger partial charge is 0.493 e. The number of amides is 1. The number of thiophene rings is 1. The zero-order valence-corrected chi connectivity index (χ0v) is 18.9. The van der Waals surface area contributed by atoms with E-state index in [4.69, 9.17) is 14.2 Å². The fourth-order valence-corrected chi connectivity index (χ4v) is 4.91. The minimum absolute atomic E-state index is 0.0116. The maximum Gasteiger partial charge on any atom is 0.261 e. The van der Waals surface area contributed by atoms with Gasteiger partial charge in [0.05, 0.1) is 20.3 Å². The molecule has 4 rings (SSSR count). The van der Waals surface area contributed by atoms with E-state index < -0.39 is 0 Å². The van der Waals surface area contributed by atoms with Crippen LogP contribution >= 0.6 is 11.3 Å². The average Bonchev–Trinajstić information content (AvgIpc) is 3.35. The first-order valence-electron chi connectivity index (χ1n) is 10.4. The van der Waals surface area contributed by atoms with E-state index in [0.717, 1.165) is 29.0 Å². The van der Waals surface area contributed by atoms with Gasteiger partial charge in [-0.25, -0.2) is 0 Å². The summed E-state index contributed by atoms with van der Waals surface area (Å²) in [4.78, 5) is 16.3. The van der Waals surface area contributed by atoms with Gasteiger partial charge in [0.1, 0.15) is 5.75 Å². The van der Waals surface area contributed by atoms with Gasteiger partial charge in [-0.1, -0.05) is 25.1 Å². The van der Waals surface area contributed by atoms with Crippen molar-refractivity contribution in [3.05, 3.63) is 75.5 Å². The molecule has 0 N–H and O–H groups in total. The summed E-state index contributed by atoms with van der Waals surface area (Å²) in [5, 5.41) is 2.04. The lowest BCUT2D eigenvalue weighted by atomic mass is 9.90. The molecular formula is C25H27NO4S. The minimum Gasteiger partial charge on any atom is -0.493 e. The molecule has 1 amide bonds. The lowest BCUT2D eigenvalue weighted by Gasteiger charge is -2.37. The lowest BCUT2D eigenvalue weighted by Crippen LogP contribution is -2.42. The fraction of sp³-hybridized carbons (Fsp3) is 0.320. The van der Waals surface area contributed by atoms with Crippen molar-refractivity contribution in [3.8, 4) is 17.2 Å². The maximum atomic E-state index is 13.3. The Morgan fingerprint density at radius 2 is 1.90 bits per heavy atom. The molecule has 0 fully saturated rings. The van der Waals surface area contributed by atoms with E-state index in [1.54, 1.807) is 25.6 Å². The van der Waals surface area contributed by atoms with E-state index in [1.165, 1.54) is 11.1 Å². The quantitative estimate of drug-likeness (QED) is 0.529. The number of carbonyl (C=O) groups excluding carboxylic acids is 1. The number of benzene rings is 2. The Bertz CT molecular complexity index is 1050. The molecule has 2 aromatic carbocycles. The molecule has 6 heteroatoms. The molecule has 1 aliphatic heterocycles. The summed E-state index contributed by atoms with van der Waals surface area (Å²) in [6.45, 7) is 2.74. The average molecular weight is 438 g/mol. The zero-order chi connectivity index (χ0) is 21.8. The Labute approximate surface area is 187 Å². The van der Waals surface area contributed by atoms with Gasteiger partial charge in [-0.15, -0.1) is 11.3 Å². The summed E-state index contributed by atoms with van der Waals surface area (Å²) in [5.41, 5.74) is 3.44. The Hall–Kier alpha value is -2.99. The standard InChI is InChI=1S/C25H27NO4S/c1-4-17-7-5-8-19(13-17)30-16-24(27)26-11-10-18-14-21(28-2)22(29-3)15-20(18)25(26)23-9-6-12-31-23/h5-9,12-15,25H,4,10-11,16H2,1-3H3. The van der Waals surface area contributed by atoms with Crippen molar-refractivity contribution in [2.45, 2.75) is 25.8 Å². The first kappa shape index (κ1) is 21.2. The highest BCUT2D eigenvalue weighted by Crippen LogP contribution is 2.42. The highest BCUT2D eigenvalue weighted by Gasteiger charge is 2.34. The summed E-state index contributed by atoms with van der Waals surface area (Å²) in [6, 6.07) is 15.9. The summed E-state index contributed by atoms with van der Waals surface area (Å²) in [6.07, 6.45) is 1.69. The number of aryl methyl sites for hydroxylation is 1. The zero-order valence-electron chi connectivity index (χ0n) is 18.1. The molecule has 0 saturated carbocycles. The molecule has 0 bridgehead atoms. The first-order valence-corrected chi connectivity index (χ1v) is 11.3. The number of methoxy groups -OCH3 is 2. The Balaban J connectivity index is 1.62. The second kappa shape index (κ2) is 9.43. The molecule has 1 aromatic heterocycles. The lowest BCUT2D eigenvalue weighted by molar-refractivity contribution is -0.135. The van der Waals surface area contributed by atoms with Crippen molar-refractivity contribution in [1.82, 2.24) is 4.90 Å². The van der Waals surface area contributed by atoms with Gasteiger partial charge in [-0.3, -0.25) is 4.79 Å². The highest BCUT2D eigenvalue weighted by atomic mass is 32.1. The second-order valence-corrected chi connectivity index (χ2v) is 8.43. The normalized spacial score (nSPS) is 15.3. The maximum absolute atomic E-state index is 13.3. The summed E-state index contributed by atoms with van der Waals surface area (Å²) < 4.78 is 16.9. The predicted molar refractivity (Wildman–Crippen MR) is 122 cm³/mol. The van der Waals surface area contributed by atoms with Gasteiger partial charge in [-0.2, -0.15) is 0 Å².